The zero-order valence-electron chi connectivity index (χ0n) is 2.51. The van der Waals surface area contributed by atoms with Crippen molar-refractivity contribution in [1.29, 1.82) is 0 Å². The first-order valence-electron chi connectivity index (χ1n) is 0.651. The maximum atomic E-state index is 7.84. The van der Waals surface area contributed by atoms with E-state index in [1.54, 1.807) is 0 Å². The molecule has 0 fully saturated rings. The van der Waals surface area contributed by atoms with Crippen molar-refractivity contribution in [3.05, 3.63) is 0 Å². The molecular formula is H3OPS2Zn. The van der Waals surface area contributed by atoms with Gasteiger partial charge in [-0.25, -0.2) is 0 Å². The SMILES string of the molecule is O[PH](=S)S.[Zn]. The average molecular weight is 180 g/mol. The first-order valence-corrected chi connectivity index (χ1v) is 4.52. The van der Waals surface area contributed by atoms with Crippen molar-refractivity contribution >= 4 is 30.2 Å². The fourth-order valence-electron chi connectivity index (χ4n) is 0. The second kappa shape index (κ2) is 5.58. The van der Waals surface area contributed by atoms with Crippen LogP contribution >= 0.6 is 18.4 Å². The van der Waals surface area contributed by atoms with Gasteiger partial charge in [0.1, 0.15) is 6.13 Å². The summed E-state index contributed by atoms with van der Waals surface area (Å²) in [7, 11) is 0. The zero-order valence-corrected chi connectivity index (χ0v) is 8.19. The summed E-state index contributed by atoms with van der Waals surface area (Å²) in [4.78, 5) is 7.84. The summed E-state index contributed by atoms with van der Waals surface area (Å²) in [5.41, 5.74) is 0. The molecule has 0 aromatic rings. The van der Waals surface area contributed by atoms with Gasteiger partial charge >= 0.3 is 0 Å². The van der Waals surface area contributed by atoms with E-state index < -0.39 is 6.13 Å². The van der Waals surface area contributed by atoms with Gasteiger partial charge in [0.2, 0.25) is 0 Å². The molecule has 0 amide bonds. The summed E-state index contributed by atoms with van der Waals surface area (Å²) in [6.45, 7) is 0. The molecule has 0 aromatic carbocycles. The van der Waals surface area contributed by atoms with Gasteiger partial charge in [-0.3, -0.25) is 0 Å². The van der Waals surface area contributed by atoms with Crippen molar-refractivity contribution in [2.45, 2.75) is 0 Å². The van der Waals surface area contributed by atoms with Crippen LogP contribution < -0.4 is 0 Å². The van der Waals surface area contributed by atoms with Gasteiger partial charge in [0, 0.05) is 19.5 Å². The molecule has 0 aromatic heterocycles. The Balaban J connectivity index is 0. The van der Waals surface area contributed by atoms with Gasteiger partial charge < -0.3 is 4.89 Å². The van der Waals surface area contributed by atoms with Crippen LogP contribution in [0.1, 0.15) is 0 Å². The van der Waals surface area contributed by atoms with Crippen molar-refractivity contribution < 1.29 is 24.4 Å². The molecule has 0 bridgehead atoms. The largest absolute Gasteiger partial charge is 0.359 e. The Hall–Kier alpha value is 1.58. The first-order chi connectivity index (χ1) is 1.73. The molecule has 28 valence electrons. The summed E-state index contributed by atoms with van der Waals surface area (Å²) >= 11 is 7.58. The van der Waals surface area contributed by atoms with Gasteiger partial charge in [-0.15, -0.1) is 12.2 Å². The van der Waals surface area contributed by atoms with Crippen LogP contribution in [0.3, 0.4) is 0 Å². The molecule has 0 aliphatic carbocycles. The Morgan fingerprint density at radius 2 is 1.80 bits per heavy atom. The van der Waals surface area contributed by atoms with E-state index in [-0.39, 0.29) is 19.5 Å². The molecule has 1 atom stereocenters. The summed E-state index contributed by atoms with van der Waals surface area (Å²) in [5, 5.41) is 0. The van der Waals surface area contributed by atoms with Crippen LogP contribution in [-0.4, -0.2) is 4.89 Å². The van der Waals surface area contributed by atoms with E-state index in [1.807, 2.05) is 0 Å². The third-order valence-electron chi connectivity index (χ3n) is 0. The van der Waals surface area contributed by atoms with Crippen LogP contribution in [0, 0.1) is 0 Å². The molecule has 0 aliphatic rings. The minimum Gasteiger partial charge on any atom is -0.359 e. The van der Waals surface area contributed by atoms with E-state index in [0.717, 1.165) is 0 Å². The van der Waals surface area contributed by atoms with Gasteiger partial charge in [-0.2, -0.15) is 0 Å². The summed E-state index contributed by atoms with van der Waals surface area (Å²) in [6, 6.07) is 0. The van der Waals surface area contributed by atoms with Crippen molar-refractivity contribution in [3.8, 4) is 0 Å². The van der Waals surface area contributed by atoms with Gasteiger partial charge in [0.25, 0.3) is 0 Å². The molecule has 0 spiro atoms. The van der Waals surface area contributed by atoms with Gasteiger partial charge in [0.05, 0.1) is 0 Å². The van der Waals surface area contributed by atoms with Crippen LogP contribution in [0.2, 0.25) is 0 Å². The Bertz CT molecular complexity index is 32.6. The van der Waals surface area contributed by atoms with E-state index >= 15 is 0 Å². The predicted molar refractivity (Wildman–Crippen MR) is 26.9 cm³/mol. The van der Waals surface area contributed by atoms with Crippen LogP contribution in [0.25, 0.3) is 0 Å². The number of rotatable bonds is 0. The fraction of sp³-hybridized carbons (Fsp3) is 0. The molecular weight excluding hydrogens is 176 g/mol. The summed E-state index contributed by atoms with van der Waals surface area (Å²) < 4.78 is 0. The maximum Gasteiger partial charge on any atom is 0.101 e. The Kier molecular flexibility index (Phi) is 10.9. The molecule has 1 N–H and O–H groups in total. The van der Waals surface area contributed by atoms with E-state index in [2.05, 4.69) is 24.1 Å². The van der Waals surface area contributed by atoms with Crippen molar-refractivity contribution in [3.63, 3.8) is 0 Å². The summed E-state index contributed by atoms with van der Waals surface area (Å²) in [6.07, 6.45) is -1.60. The average Bonchev–Trinajstić information content (AvgIpc) is 0.811. The second-order valence-electron chi connectivity index (χ2n) is 0.283. The maximum absolute atomic E-state index is 7.84. The van der Waals surface area contributed by atoms with Gasteiger partial charge in [0.15, 0.2) is 0 Å². The van der Waals surface area contributed by atoms with E-state index in [4.69, 9.17) is 4.89 Å². The van der Waals surface area contributed by atoms with Crippen LogP contribution in [0.15, 0.2) is 0 Å². The molecule has 0 saturated heterocycles. The number of hydrogen-bond donors (Lipinski definition) is 2. The fourth-order valence-corrected chi connectivity index (χ4v) is 0. The third kappa shape index (κ3) is 28.6. The standard InChI is InChI=1S/H3OPS2.Zn/c1-2(3)4;/h2H,(H2,1,3,4);. The van der Waals surface area contributed by atoms with Crippen molar-refractivity contribution in [2.24, 2.45) is 0 Å². The Morgan fingerprint density at radius 3 is 1.80 bits per heavy atom. The molecule has 0 radical (unpaired) electrons. The van der Waals surface area contributed by atoms with Gasteiger partial charge in [-0.05, 0) is 0 Å². The zero-order chi connectivity index (χ0) is 3.58. The van der Waals surface area contributed by atoms with Crippen LogP contribution in [-0.2, 0) is 31.3 Å². The molecule has 0 saturated carbocycles. The molecule has 0 rings (SSSR count). The van der Waals surface area contributed by atoms with E-state index in [9.17, 15) is 0 Å². The minimum atomic E-state index is -1.60. The Morgan fingerprint density at radius 1 is 1.80 bits per heavy atom. The topological polar surface area (TPSA) is 20.2 Å². The van der Waals surface area contributed by atoms with Crippen molar-refractivity contribution in [2.75, 3.05) is 0 Å². The minimum absolute atomic E-state index is 0. The number of hydrogen-bond acceptors (Lipinski definition) is 1. The molecule has 1 nitrogen and oxygen atoms in total. The van der Waals surface area contributed by atoms with Crippen LogP contribution in [0.5, 0.6) is 0 Å². The normalized spacial score (nSPS) is 12.4. The second-order valence-corrected chi connectivity index (χ2v) is 4.19. The molecule has 0 heterocycles. The molecule has 5 heavy (non-hydrogen) atoms. The molecule has 5 heteroatoms. The molecule has 1 unspecified atom stereocenters. The third-order valence-corrected chi connectivity index (χ3v) is 0. The predicted octanol–water partition coefficient (Wildman–Crippen LogP) is 0.412. The summed E-state index contributed by atoms with van der Waals surface area (Å²) in [5.74, 6) is 0. The van der Waals surface area contributed by atoms with Crippen molar-refractivity contribution in [1.82, 2.24) is 0 Å². The monoisotopic (exact) mass is 178 g/mol. The van der Waals surface area contributed by atoms with E-state index in [1.165, 1.54) is 0 Å². The first kappa shape index (κ1) is 9.77. The molecule has 0 aliphatic heterocycles. The number of thiol groups is 1. The smallest absolute Gasteiger partial charge is 0.101 e. The van der Waals surface area contributed by atoms with Gasteiger partial charge in [-0.1, -0.05) is 11.8 Å². The van der Waals surface area contributed by atoms with Crippen LogP contribution in [0.4, 0.5) is 0 Å². The van der Waals surface area contributed by atoms with E-state index in [0.29, 0.717) is 0 Å². The Labute approximate surface area is 54.6 Å². The quantitative estimate of drug-likeness (QED) is 0.319.